The predicted molar refractivity (Wildman–Crippen MR) is 109 cm³/mol. The van der Waals surface area contributed by atoms with Gasteiger partial charge in [-0.1, -0.05) is 11.2 Å². The summed E-state index contributed by atoms with van der Waals surface area (Å²) in [6.07, 6.45) is 1.29. The first-order valence-corrected chi connectivity index (χ1v) is 9.53. The molecule has 0 spiro atoms. The molecule has 3 rings (SSSR count). The second kappa shape index (κ2) is 9.87. The van der Waals surface area contributed by atoms with Gasteiger partial charge in [-0.15, -0.1) is 0 Å². The lowest BCUT2D eigenvalue weighted by atomic mass is 10.1. The number of rotatable bonds is 9. The zero-order chi connectivity index (χ0) is 21.5. The topological polar surface area (TPSA) is 77.7 Å². The molecule has 7 nitrogen and oxygen atoms in total. The van der Waals surface area contributed by atoms with E-state index in [1.807, 2.05) is 18.2 Å². The summed E-state index contributed by atoms with van der Waals surface area (Å²) < 4.78 is 28.8. The number of carbonyl (C=O) groups is 1. The van der Waals surface area contributed by atoms with Crippen LogP contribution in [0.1, 0.15) is 17.9 Å². The van der Waals surface area contributed by atoms with E-state index in [1.165, 1.54) is 12.1 Å². The lowest BCUT2D eigenvalue weighted by Gasteiger charge is -2.17. The van der Waals surface area contributed by atoms with Gasteiger partial charge < -0.3 is 18.9 Å². The van der Waals surface area contributed by atoms with Gasteiger partial charge in [-0.25, -0.2) is 4.39 Å². The fraction of sp³-hybridized carbons (Fsp3) is 0.318. The highest BCUT2D eigenvalue weighted by atomic mass is 19.1. The molecular weight excluding hydrogens is 389 g/mol. The number of benzene rings is 2. The summed E-state index contributed by atoms with van der Waals surface area (Å²) in [4.78, 5) is 18.4. The standard InChI is InChI=1S/C22H24FN3O4/c1-26(13-12-15-4-9-18(28-2)19(14-15)29-3)21(27)11-10-20-24-22(25-30-20)16-5-7-17(23)8-6-16/h4-9,14H,10-13H2,1-3H3. The molecule has 158 valence electrons. The largest absolute Gasteiger partial charge is 0.493 e. The molecule has 1 aromatic heterocycles. The molecule has 0 aliphatic carbocycles. The number of methoxy groups -OCH3 is 2. The lowest BCUT2D eigenvalue weighted by Crippen LogP contribution is -2.29. The Hall–Kier alpha value is -3.42. The van der Waals surface area contributed by atoms with Crippen LogP contribution in [-0.2, 0) is 17.6 Å². The van der Waals surface area contributed by atoms with Gasteiger partial charge in [0.25, 0.3) is 0 Å². The first-order valence-electron chi connectivity index (χ1n) is 9.53. The molecule has 0 unspecified atom stereocenters. The Labute approximate surface area is 174 Å². The van der Waals surface area contributed by atoms with Crippen LogP contribution in [0.3, 0.4) is 0 Å². The van der Waals surface area contributed by atoms with Crippen LogP contribution in [0.15, 0.2) is 47.0 Å². The molecule has 1 heterocycles. The van der Waals surface area contributed by atoms with E-state index >= 15 is 0 Å². The third-order valence-electron chi connectivity index (χ3n) is 4.73. The second-order valence-corrected chi connectivity index (χ2v) is 6.77. The summed E-state index contributed by atoms with van der Waals surface area (Å²) in [5.74, 6) is 1.74. The maximum absolute atomic E-state index is 13.0. The summed E-state index contributed by atoms with van der Waals surface area (Å²) in [6.45, 7) is 0.568. The molecule has 0 aliphatic rings. The summed E-state index contributed by atoms with van der Waals surface area (Å²) in [5.41, 5.74) is 1.71. The van der Waals surface area contributed by atoms with Gasteiger partial charge in [-0.05, 0) is 48.4 Å². The van der Waals surface area contributed by atoms with E-state index in [9.17, 15) is 9.18 Å². The van der Waals surface area contributed by atoms with Crippen molar-refractivity contribution in [3.8, 4) is 22.9 Å². The molecule has 0 aliphatic heterocycles. The SMILES string of the molecule is COc1ccc(CCN(C)C(=O)CCc2nc(-c3ccc(F)cc3)no2)cc1OC. The van der Waals surface area contributed by atoms with Crippen molar-refractivity contribution in [2.75, 3.05) is 27.8 Å². The van der Waals surface area contributed by atoms with Crippen molar-refractivity contribution in [3.63, 3.8) is 0 Å². The van der Waals surface area contributed by atoms with E-state index in [1.54, 1.807) is 38.3 Å². The van der Waals surface area contributed by atoms with Crippen LogP contribution in [0.25, 0.3) is 11.4 Å². The van der Waals surface area contributed by atoms with Crippen LogP contribution in [0.5, 0.6) is 11.5 Å². The van der Waals surface area contributed by atoms with Crippen molar-refractivity contribution in [2.24, 2.45) is 0 Å². The van der Waals surface area contributed by atoms with E-state index < -0.39 is 0 Å². The Bertz CT molecular complexity index is 988. The normalized spacial score (nSPS) is 10.7. The molecule has 2 aromatic carbocycles. The summed E-state index contributed by atoms with van der Waals surface area (Å²) in [6, 6.07) is 11.5. The van der Waals surface area contributed by atoms with Gasteiger partial charge in [0.15, 0.2) is 11.5 Å². The third-order valence-corrected chi connectivity index (χ3v) is 4.73. The molecule has 0 bridgehead atoms. The molecule has 0 N–H and O–H groups in total. The van der Waals surface area contributed by atoms with Crippen molar-refractivity contribution < 1.29 is 23.2 Å². The first kappa shape index (κ1) is 21.3. The van der Waals surface area contributed by atoms with Gasteiger partial charge in [0.1, 0.15) is 5.82 Å². The van der Waals surface area contributed by atoms with Crippen molar-refractivity contribution in [2.45, 2.75) is 19.3 Å². The van der Waals surface area contributed by atoms with Crippen LogP contribution in [-0.4, -0.2) is 48.8 Å². The minimum Gasteiger partial charge on any atom is -0.493 e. The Balaban J connectivity index is 1.50. The average Bonchev–Trinajstić information content (AvgIpc) is 3.25. The Kier molecular flexibility index (Phi) is 7.00. The molecule has 0 atom stereocenters. The van der Waals surface area contributed by atoms with Crippen LogP contribution in [0, 0.1) is 5.82 Å². The number of nitrogens with zero attached hydrogens (tertiary/aromatic N) is 3. The Morgan fingerprint density at radius 2 is 1.80 bits per heavy atom. The highest BCUT2D eigenvalue weighted by molar-refractivity contribution is 5.76. The minimum atomic E-state index is -0.329. The quantitative estimate of drug-likeness (QED) is 0.534. The van der Waals surface area contributed by atoms with E-state index in [0.29, 0.717) is 48.2 Å². The van der Waals surface area contributed by atoms with Crippen molar-refractivity contribution in [3.05, 3.63) is 59.7 Å². The molecule has 1 amide bonds. The summed E-state index contributed by atoms with van der Waals surface area (Å²) >= 11 is 0. The molecule has 30 heavy (non-hydrogen) atoms. The third kappa shape index (κ3) is 5.34. The van der Waals surface area contributed by atoms with Gasteiger partial charge in [0, 0.05) is 32.0 Å². The predicted octanol–water partition coefficient (Wildman–Crippen LogP) is 3.53. The molecule has 0 fully saturated rings. The second-order valence-electron chi connectivity index (χ2n) is 6.77. The van der Waals surface area contributed by atoms with Gasteiger partial charge in [0.05, 0.1) is 14.2 Å². The maximum atomic E-state index is 13.0. The molecule has 8 heteroatoms. The number of halogens is 1. The summed E-state index contributed by atoms with van der Waals surface area (Å²) in [7, 11) is 4.95. The van der Waals surface area contributed by atoms with Crippen LogP contribution in [0.4, 0.5) is 4.39 Å². The van der Waals surface area contributed by atoms with Crippen LogP contribution < -0.4 is 9.47 Å². The smallest absolute Gasteiger partial charge is 0.227 e. The van der Waals surface area contributed by atoms with Crippen molar-refractivity contribution in [1.29, 1.82) is 0 Å². The average molecular weight is 413 g/mol. The first-order chi connectivity index (χ1) is 14.5. The fourth-order valence-electron chi connectivity index (χ4n) is 2.93. The number of aryl methyl sites for hydroxylation is 1. The molecular formula is C22H24FN3O4. The van der Waals surface area contributed by atoms with Crippen molar-refractivity contribution >= 4 is 5.91 Å². The maximum Gasteiger partial charge on any atom is 0.227 e. The number of hydrogen-bond acceptors (Lipinski definition) is 6. The zero-order valence-electron chi connectivity index (χ0n) is 17.2. The van der Waals surface area contributed by atoms with Crippen LogP contribution >= 0.6 is 0 Å². The van der Waals surface area contributed by atoms with Crippen molar-refractivity contribution in [1.82, 2.24) is 15.0 Å². The van der Waals surface area contributed by atoms with Gasteiger partial charge in [-0.3, -0.25) is 4.79 Å². The fourth-order valence-corrected chi connectivity index (χ4v) is 2.93. The molecule has 3 aromatic rings. The van der Waals surface area contributed by atoms with E-state index in [4.69, 9.17) is 14.0 Å². The zero-order valence-corrected chi connectivity index (χ0v) is 17.2. The Morgan fingerprint density at radius 1 is 1.07 bits per heavy atom. The van der Waals surface area contributed by atoms with E-state index in [2.05, 4.69) is 10.1 Å². The van der Waals surface area contributed by atoms with Gasteiger partial charge in [-0.2, -0.15) is 4.98 Å². The number of aromatic nitrogens is 2. The molecule has 0 saturated carbocycles. The van der Waals surface area contributed by atoms with Gasteiger partial charge >= 0.3 is 0 Å². The van der Waals surface area contributed by atoms with Crippen LogP contribution in [0.2, 0.25) is 0 Å². The number of ether oxygens (including phenoxy) is 2. The minimum absolute atomic E-state index is 0.0167. The monoisotopic (exact) mass is 413 g/mol. The van der Waals surface area contributed by atoms with Gasteiger partial charge in [0.2, 0.25) is 17.6 Å². The molecule has 0 radical (unpaired) electrons. The lowest BCUT2D eigenvalue weighted by molar-refractivity contribution is -0.129. The number of amides is 1. The highest BCUT2D eigenvalue weighted by Gasteiger charge is 2.14. The number of hydrogen-bond donors (Lipinski definition) is 0. The van der Waals surface area contributed by atoms with E-state index in [-0.39, 0.29) is 18.1 Å². The number of carbonyl (C=O) groups excluding carboxylic acids is 1. The highest BCUT2D eigenvalue weighted by Crippen LogP contribution is 2.27. The molecule has 0 saturated heterocycles. The summed E-state index contributed by atoms with van der Waals surface area (Å²) in [5, 5.41) is 3.89. The Morgan fingerprint density at radius 3 is 2.50 bits per heavy atom. The number of likely N-dealkylation sites (N-methyl/N-ethyl adjacent to an activating group) is 1. The van der Waals surface area contributed by atoms with E-state index in [0.717, 1.165) is 5.56 Å².